The molecule has 0 aromatic rings. The normalized spacial score (nSPS) is 34.6. The third-order valence-corrected chi connectivity index (χ3v) is 2.73. The summed E-state index contributed by atoms with van der Waals surface area (Å²) in [6.45, 7) is 2.92. The molecule has 110 valence electrons. The summed E-state index contributed by atoms with van der Waals surface area (Å²) in [5.41, 5.74) is 0. The number of rotatable bonds is 5. The third-order valence-electron chi connectivity index (χ3n) is 2.73. The number of aliphatic hydroxyl groups excluding tert-OH is 3. The first-order valence-electron chi connectivity index (χ1n) is 5.74. The highest BCUT2D eigenvalue weighted by Gasteiger charge is 2.45. The Morgan fingerprint density at radius 2 is 2.16 bits per heavy atom. The number of hydrogen-bond acceptors (Lipinski definition) is 7. The third kappa shape index (κ3) is 3.88. The molecule has 1 aliphatic heterocycles. The van der Waals surface area contributed by atoms with Crippen molar-refractivity contribution in [3.8, 4) is 0 Å². The van der Waals surface area contributed by atoms with E-state index in [1.807, 2.05) is 0 Å². The second kappa shape index (κ2) is 7.41. The zero-order valence-electron chi connectivity index (χ0n) is 10.6. The van der Waals surface area contributed by atoms with Crippen LogP contribution in [0.4, 0.5) is 4.79 Å². The van der Waals surface area contributed by atoms with Crippen LogP contribution in [0.15, 0.2) is 12.7 Å². The number of amides is 1. The van der Waals surface area contributed by atoms with Gasteiger partial charge in [0, 0.05) is 7.11 Å². The molecule has 8 heteroatoms. The predicted octanol–water partition coefficient (Wildman–Crippen LogP) is -1.65. The molecule has 0 bridgehead atoms. The van der Waals surface area contributed by atoms with E-state index in [1.54, 1.807) is 0 Å². The summed E-state index contributed by atoms with van der Waals surface area (Å²) in [6.07, 6.45) is -4.11. The minimum absolute atomic E-state index is 0.00890. The number of hydrogen-bond donors (Lipinski definition) is 4. The Balaban J connectivity index is 2.68. The molecule has 1 fully saturated rings. The van der Waals surface area contributed by atoms with Gasteiger partial charge < -0.3 is 34.8 Å². The summed E-state index contributed by atoms with van der Waals surface area (Å²) in [7, 11) is 1.31. The molecule has 4 N–H and O–H groups in total. The number of carbonyl (C=O) groups excluding carboxylic acids is 1. The second-order valence-electron chi connectivity index (χ2n) is 4.00. The van der Waals surface area contributed by atoms with Crippen LogP contribution in [0.3, 0.4) is 0 Å². The molecule has 1 heterocycles. The van der Waals surface area contributed by atoms with Crippen molar-refractivity contribution in [3.05, 3.63) is 12.7 Å². The van der Waals surface area contributed by atoms with Crippen LogP contribution in [-0.4, -0.2) is 72.4 Å². The minimum atomic E-state index is -1.35. The van der Waals surface area contributed by atoms with Crippen LogP contribution in [0.5, 0.6) is 0 Å². The second-order valence-corrected chi connectivity index (χ2v) is 4.00. The number of methoxy groups -OCH3 is 1. The number of alkyl carbamates (subject to hydrolysis) is 1. The van der Waals surface area contributed by atoms with Gasteiger partial charge in [0.25, 0.3) is 0 Å². The van der Waals surface area contributed by atoms with E-state index in [1.165, 1.54) is 13.2 Å². The van der Waals surface area contributed by atoms with E-state index < -0.39 is 43.3 Å². The summed E-state index contributed by atoms with van der Waals surface area (Å²) >= 11 is 0. The molecule has 5 unspecified atom stereocenters. The lowest BCUT2D eigenvalue weighted by Gasteiger charge is -2.41. The minimum Gasteiger partial charge on any atom is -0.445 e. The Morgan fingerprint density at radius 1 is 1.47 bits per heavy atom. The van der Waals surface area contributed by atoms with Crippen molar-refractivity contribution in [2.75, 3.05) is 20.3 Å². The van der Waals surface area contributed by atoms with Crippen molar-refractivity contribution >= 4 is 6.09 Å². The molecule has 1 aliphatic rings. The van der Waals surface area contributed by atoms with Crippen LogP contribution in [0.25, 0.3) is 0 Å². The van der Waals surface area contributed by atoms with Gasteiger partial charge in [-0.05, 0) is 0 Å². The van der Waals surface area contributed by atoms with Crippen LogP contribution in [0, 0.1) is 0 Å². The lowest BCUT2D eigenvalue weighted by Crippen LogP contribution is -2.64. The lowest BCUT2D eigenvalue weighted by molar-refractivity contribution is -0.261. The van der Waals surface area contributed by atoms with Crippen LogP contribution < -0.4 is 5.32 Å². The van der Waals surface area contributed by atoms with Gasteiger partial charge in [-0.3, -0.25) is 0 Å². The molecule has 0 aliphatic carbocycles. The maximum atomic E-state index is 11.4. The number of ether oxygens (including phenoxy) is 3. The first-order valence-corrected chi connectivity index (χ1v) is 5.74. The van der Waals surface area contributed by atoms with E-state index in [4.69, 9.17) is 19.3 Å². The zero-order chi connectivity index (χ0) is 14.4. The van der Waals surface area contributed by atoms with Gasteiger partial charge in [0.05, 0.1) is 6.61 Å². The van der Waals surface area contributed by atoms with Crippen molar-refractivity contribution in [3.63, 3.8) is 0 Å². The van der Waals surface area contributed by atoms with Crippen molar-refractivity contribution in [2.45, 2.75) is 30.6 Å². The fourth-order valence-electron chi connectivity index (χ4n) is 1.75. The molecular weight excluding hydrogens is 258 g/mol. The average Bonchev–Trinajstić information content (AvgIpc) is 2.42. The van der Waals surface area contributed by atoms with Crippen LogP contribution in [0.1, 0.15) is 0 Å². The van der Waals surface area contributed by atoms with Crippen LogP contribution in [0.2, 0.25) is 0 Å². The largest absolute Gasteiger partial charge is 0.445 e. The highest BCUT2D eigenvalue weighted by atomic mass is 16.7. The Bertz CT molecular complexity index is 309. The van der Waals surface area contributed by atoms with Gasteiger partial charge in [-0.2, -0.15) is 0 Å². The maximum Gasteiger partial charge on any atom is 0.407 e. The lowest BCUT2D eigenvalue weighted by atomic mass is 9.97. The zero-order valence-corrected chi connectivity index (χ0v) is 10.6. The Labute approximate surface area is 110 Å². The molecule has 1 amide bonds. The first kappa shape index (κ1) is 15.9. The molecule has 0 aromatic carbocycles. The van der Waals surface area contributed by atoms with Gasteiger partial charge in [-0.1, -0.05) is 12.7 Å². The standard InChI is InChI=1S/C11H19NO7/c1-3-4-18-11(16)12-7-9(15)8(14)6(5-13)19-10(7)17-2/h3,6-10,13-15H,1,4-5H2,2H3,(H,12,16). The van der Waals surface area contributed by atoms with E-state index in [0.29, 0.717) is 0 Å². The van der Waals surface area contributed by atoms with Gasteiger partial charge in [0.15, 0.2) is 6.29 Å². The van der Waals surface area contributed by atoms with Crippen molar-refractivity contribution in [2.24, 2.45) is 0 Å². The first-order chi connectivity index (χ1) is 9.04. The van der Waals surface area contributed by atoms with E-state index in [-0.39, 0.29) is 6.61 Å². The van der Waals surface area contributed by atoms with Gasteiger partial charge in [-0.15, -0.1) is 0 Å². The number of carbonyl (C=O) groups is 1. The summed E-state index contributed by atoms with van der Waals surface area (Å²) in [6, 6.07) is -1.01. The number of aliphatic hydroxyl groups is 3. The molecule has 8 nitrogen and oxygen atoms in total. The monoisotopic (exact) mass is 277 g/mol. The quantitative estimate of drug-likeness (QED) is 0.445. The van der Waals surface area contributed by atoms with Gasteiger partial charge >= 0.3 is 6.09 Å². The van der Waals surface area contributed by atoms with Gasteiger partial charge in [0.1, 0.15) is 31.0 Å². The van der Waals surface area contributed by atoms with Crippen LogP contribution >= 0.6 is 0 Å². The summed E-state index contributed by atoms with van der Waals surface area (Å²) in [4.78, 5) is 11.4. The van der Waals surface area contributed by atoms with E-state index >= 15 is 0 Å². The van der Waals surface area contributed by atoms with Gasteiger partial charge in [-0.25, -0.2) is 4.79 Å². The topological polar surface area (TPSA) is 117 Å². The highest BCUT2D eigenvalue weighted by molar-refractivity contribution is 5.67. The van der Waals surface area contributed by atoms with E-state index in [2.05, 4.69) is 11.9 Å². The summed E-state index contributed by atoms with van der Waals surface area (Å²) in [5, 5.41) is 30.9. The highest BCUT2D eigenvalue weighted by Crippen LogP contribution is 2.21. The molecule has 1 rings (SSSR count). The number of nitrogens with one attached hydrogen (secondary N) is 1. The maximum absolute atomic E-state index is 11.4. The summed E-state index contributed by atoms with van der Waals surface area (Å²) < 4.78 is 14.9. The molecule has 0 spiro atoms. The molecule has 0 radical (unpaired) electrons. The molecule has 0 aromatic heterocycles. The molecule has 1 saturated heterocycles. The predicted molar refractivity (Wildman–Crippen MR) is 63.2 cm³/mol. The molecular formula is C11H19NO7. The smallest absolute Gasteiger partial charge is 0.407 e. The Hall–Kier alpha value is -1.19. The van der Waals surface area contributed by atoms with Crippen LogP contribution in [-0.2, 0) is 14.2 Å². The van der Waals surface area contributed by atoms with E-state index in [9.17, 15) is 15.0 Å². The fraction of sp³-hybridized carbons (Fsp3) is 0.727. The summed E-state index contributed by atoms with van der Waals surface area (Å²) in [5.74, 6) is 0. The molecule has 0 saturated carbocycles. The van der Waals surface area contributed by atoms with E-state index in [0.717, 1.165) is 0 Å². The SMILES string of the molecule is C=CCOC(=O)NC1C(OC)OC(CO)C(O)C1O. The van der Waals surface area contributed by atoms with Gasteiger partial charge in [0.2, 0.25) is 0 Å². The Kier molecular flexibility index (Phi) is 6.19. The molecule has 19 heavy (non-hydrogen) atoms. The fourth-order valence-corrected chi connectivity index (χ4v) is 1.75. The van der Waals surface area contributed by atoms with Crippen molar-refractivity contribution < 1.29 is 34.3 Å². The Morgan fingerprint density at radius 3 is 2.68 bits per heavy atom. The van der Waals surface area contributed by atoms with Crippen molar-refractivity contribution in [1.82, 2.24) is 5.32 Å². The molecule has 5 atom stereocenters. The van der Waals surface area contributed by atoms with Crippen molar-refractivity contribution in [1.29, 1.82) is 0 Å². The average molecular weight is 277 g/mol.